The summed E-state index contributed by atoms with van der Waals surface area (Å²) in [5.74, 6) is 0.151. The maximum atomic E-state index is 12.7. The molecule has 34 heavy (non-hydrogen) atoms. The van der Waals surface area contributed by atoms with E-state index in [-0.39, 0.29) is 18.4 Å². The number of aromatic nitrogens is 4. The average Bonchev–Trinajstić information content (AvgIpc) is 3.59. The standard InChI is InChI=1S/C25H23N7O2/c33-23(28-22-12-5-4-11-21(22)25(34)27-18-8-2-1-3-9-18)16-26-19-10-6-7-17(15-19)24-29-30-31-32(24)20-13-14-20/h1-12,15,20,26H,13-14,16H2,(H,27,34)(H,28,33). The molecule has 1 aliphatic carbocycles. The van der Waals surface area contributed by atoms with Gasteiger partial charge in [-0.2, -0.15) is 0 Å². The number of carbonyl (C=O) groups is 2. The third kappa shape index (κ3) is 4.93. The van der Waals surface area contributed by atoms with Crippen LogP contribution in [0.1, 0.15) is 29.2 Å². The van der Waals surface area contributed by atoms with E-state index >= 15 is 0 Å². The number of benzene rings is 3. The number of hydrogen-bond donors (Lipinski definition) is 3. The maximum Gasteiger partial charge on any atom is 0.257 e. The van der Waals surface area contributed by atoms with Crippen molar-refractivity contribution in [2.24, 2.45) is 0 Å². The van der Waals surface area contributed by atoms with Gasteiger partial charge in [0.15, 0.2) is 5.82 Å². The Balaban J connectivity index is 1.23. The Morgan fingerprint density at radius 2 is 1.65 bits per heavy atom. The highest BCUT2D eigenvalue weighted by Gasteiger charge is 2.28. The molecule has 0 radical (unpaired) electrons. The van der Waals surface area contributed by atoms with Crippen molar-refractivity contribution >= 4 is 28.9 Å². The van der Waals surface area contributed by atoms with Gasteiger partial charge in [-0.3, -0.25) is 9.59 Å². The quantitative estimate of drug-likeness (QED) is 0.372. The van der Waals surface area contributed by atoms with Gasteiger partial charge in [0, 0.05) is 16.9 Å². The van der Waals surface area contributed by atoms with Crippen LogP contribution in [-0.4, -0.2) is 38.6 Å². The molecule has 1 aliphatic rings. The highest BCUT2D eigenvalue weighted by molar-refractivity contribution is 6.10. The van der Waals surface area contributed by atoms with Crippen LogP contribution in [0.15, 0.2) is 78.9 Å². The molecular weight excluding hydrogens is 430 g/mol. The van der Waals surface area contributed by atoms with Crippen LogP contribution in [0.2, 0.25) is 0 Å². The zero-order valence-electron chi connectivity index (χ0n) is 18.3. The molecule has 0 saturated heterocycles. The topological polar surface area (TPSA) is 114 Å². The molecule has 1 heterocycles. The van der Waals surface area contributed by atoms with E-state index in [0.717, 1.165) is 24.1 Å². The average molecular weight is 454 g/mol. The van der Waals surface area contributed by atoms with Crippen LogP contribution < -0.4 is 16.0 Å². The molecule has 2 amide bonds. The second kappa shape index (κ2) is 9.53. The number of para-hydroxylation sites is 2. The van der Waals surface area contributed by atoms with Gasteiger partial charge in [-0.05, 0) is 59.7 Å². The van der Waals surface area contributed by atoms with Gasteiger partial charge in [-0.15, -0.1) is 5.10 Å². The summed E-state index contributed by atoms with van der Waals surface area (Å²) in [6.07, 6.45) is 2.17. The molecular formula is C25H23N7O2. The van der Waals surface area contributed by atoms with Crippen LogP contribution in [-0.2, 0) is 4.79 Å². The van der Waals surface area contributed by atoms with Gasteiger partial charge in [-0.1, -0.05) is 42.5 Å². The van der Waals surface area contributed by atoms with E-state index in [1.54, 1.807) is 36.4 Å². The Hall–Kier alpha value is -4.53. The van der Waals surface area contributed by atoms with Crippen molar-refractivity contribution in [3.63, 3.8) is 0 Å². The lowest BCUT2D eigenvalue weighted by molar-refractivity contribution is -0.114. The summed E-state index contributed by atoms with van der Waals surface area (Å²) in [4.78, 5) is 25.4. The molecule has 3 N–H and O–H groups in total. The summed E-state index contributed by atoms with van der Waals surface area (Å²) in [5, 5.41) is 20.8. The van der Waals surface area contributed by atoms with Gasteiger partial charge < -0.3 is 16.0 Å². The Morgan fingerprint density at radius 3 is 2.47 bits per heavy atom. The number of tetrazole rings is 1. The first-order valence-electron chi connectivity index (χ1n) is 11.0. The Labute approximate surface area is 196 Å². The minimum absolute atomic E-state index is 0.0334. The van der Waals surface area contributed by atoms with E-state index < -0.39 is 0 Å². The van der Waals surface area contributed by atoms with Crippen LogP contribution >= 0.6 is 0 Å². The van der Waals surface area contributed by atoms with Crippen LogP contribution in [0.25, 0.3) is 11.4 Å². The summed E-state index contributed by atoms with van der Waals surface area (Å²) in [5.41, 5.74) is 3.16. The predicted octanol–water partition coefficient (Wildman–Crippen LogP) is 3.98. The second-order valence-corrected chi connectivity index (χ2v) is 8.03. The lowest BCUT2D eigenvalue weighted by Crippen LogP contribution is -2.24. The molecule has 0 spiro atoms. The van der Waals surface area contributed by atoms with Gasteiger partial charge in [-0.25, -0.2) is 4.68 Å². The van der Waals surface area contributed by atoms with Crippen molar-refractivity contribution in [2.75, 3.05) is 22.5 Å². The summed E-state index contributed by atoms with van der Waals surface area (Å²) >= 11 is 0. The highest BCUT2D eigenvalue weighted by atomic mass is 16.2. The summed E-state index contributed by atoms with van der Waals surface area (Å²) < 4.78 is 1.85. The van der Waals surface area contributed by atoms with Crippen LogP contribution in [0.4, 0.5) is 17.1 Å². The van der Waals surface area contributed by atoms with E-state index in [2.05, 4.69) is 31.5 Å². The van der Waals surface area contributed by atoms with Gasteiger partial charge >= 0.3 is 0 Å². The van der Waals surface area contributed by atoms with Crippen LogP contribution in [0.5, 0.6) is 0 Å². The zero-order chi connectivity index (χ0) is 23.3. The van der Waals surface area contributed by atoms with Crippen LogP contribution in [0, 0.1) is 0 Å². The third-order valence-electron chi connectivity index (χ3n) is 5.44. The molecule has 9 nitrogen and oxygen atoms in total. The van der Waals surface area contributed by atoms with Crippen molar-refractivity contribution < 1.29 is 9.59 Å². The number of anilines is 3. The summed E-state index contributed by atoms with van der Waals surface area (Å²) in [6, 6.07) is 24.1. The largest absolute Gasteiger partial charge is 0.376 e. The number of carbonyl (C=O) groups excluding carboxylic acids is 2. The Morgan fingerprint density at radius 1 is 0.882 bits per heavy atom. The van der Waals surface area contributed by atoms with Crippen molar-refractivity contribution in [1.29, 1.82) is 0 Å². The van der Waals surface area contributed by atoms with E-state index in [4.69, 9.17) is 0 Å². The first-order chi connectivity index (χ1) is 16.7. The van der Waals surface area contributed by atoms with E-state index in [1.807, 2.05) is 47.1 Å². The summed E-state index contributed by atoms with van der Waals surface area (Å²) in [7, 11) is 0. The monoisotopic (exact) mass is 453 g/mol. The molecule has 0 bridgehead atoms. The van der Waals surface area contributed by atoms with E-state index in [9.17, 15) is 9.59 Å². The first-order valence-corrected chi connectivity index (χ1v) is 11.0. The van der Waals surface area contributed by atoms with Crippen LogP contribution in [0.3, 0.4) is 0 Å². The van der Waals surface area contributed by atoms with Crippen molar-refractivity contribution in [2.45, 2.75) is 18.9 Å². The molecule has 0 atom stereocenters. The fourth-order valence-electron chi connectivity index (χ4n) is 3.60. The smallest absolute Gasteiger partial charge is 0.257 e. The fraction of sp³-hybridized carbons (Fsp3) is 0.160. The fourth-order valence-corrected chi connectivity index (χ4v) is 3.60. The second-order valence-electron chi connectivity index (χ2n) is 8.03. The molecule has 170 valence electrons. The molecule has 1 fully saturated rings. The maximum absolute atomic E-state index is 12.7. The number of nitrogens with one attached hydrogen (secondary N) is 3. The molecule has 5 rings (SSSR count). The normalized spacial score (nSPS) is 12.7. The molecule has 0 unspecified atom stereocenters. The highest BCUT2D eigenvalue weighted by Crippen LogP contribution is 2.36. The first kappa shape index (κ1) is 21.3. The van der Waals surface area contributed by atoms with Gasteiger partial charge in [0.2, 0.25) is 5.91 Å². The molecule has 9 heteroatoms. The molecule has 0 aliphatic heterocycles. The molecule has 4 aromatic rings. The molecule has 1 aromatic heterocycles. The van der Waals surface area contributed by atoms with Crippen molar-refractivity contribution in [1.82, 2.24) is 20.2 Å². The van der Waals surface area contributed by atoms with Gasteiger partial charge in [0.25, 0.3) is 5.91 Å². The number of nitrogens with zero attached hydrogens (tertiary/aromatic N) is 4. The molecule has 1 saturated carbocycles. The van der Waals surface area contributed by atoms with Gasteiger partial charge in [0.05, 0.1) is 23.8 Å². The van der Waals surface area contributed by atoms with E-state index in [1.165, 1.54) is 0 Å². The van der Waals surface area contributed by atoms with Crippen molar-refractivity contribution in [3.8, 4) is 11.4 Å². The van der Waals surface area contributed by atoms with Gasteiger partial charge in [0.1, 0.15) is 0 Å². The zero-order valence-corrected chi connectivity index (χ0v) is 18.3. The Kier molecular flexibility index (Phi) is 5.98. The minimum atomic E-state index is -0.295. The Bertz CT molecular complexity index is 1320. The lowest BCUT2D eigenvalue weighted by Gasteiger charge is -2.12. The number of hydrogen-bond acceptors (Lipinski definition) is 6. The van der Waals surface area contributed by atoms with E-state index in [0.29, 0.717) is 28.8 Å². The third-order valence-corrected chi connectivity index (χ3v) is 5.44. The molecule has 3 aromatic carbocycles. The van der Waals surface area contributed by atoms with Crippen molar-refractivity contribution in [3.05, 3.63) is 84.4 Å². The number of amides is 2. The number of rotatable bonds is 8. The SMILES string of the molecule is O=C(CNc1cccc(-c2nnnn2C2CC2)c1)Nc1ccccc1C(=O)Nc1ccccc1. The summed E-state index contributed by atoms with van der Waals surface area (Å²) in [6.45, 7) is 0.0334. The predicted molar refractivity (Wildman–Crippen MR) is 129 cm³/mol. The minimum Gasteiger partial charge on any atom is -0.376 e. The lowest BCUT2D eigenvalue weighted by atomic mass is 10.1.